The molecule has 0 unspecified atom stereocenters. The molecule has 36 heavy (non-hydrogen) atoms. The third-order valence-corrected chi connectivity index (χ3v) is 7.09. The summed E-state index contributed by atoms with van der Waals surface area (Å²) < 4.78 is 5.65. The van der Waals surface area contributed by atoms with Crippen LogP contribution in [0.2, 0.25) is 0 Å². The van der Waals surface area contributed by atoms with Gasteiger partial charge in [-0.25, -0.2) is 9.78 Å². The van der Waals surface area contributed by atoms with Crippen LogP contribution in [-0.2, 0) is 16.0 Å². The summed E-state index contributed by atoms with van der Waals surface area (Å²) in [6.45, 7) is 5.49. The van der Waals surface area contributed by atoms with Gasteiger partial charge in [-0.3, -0.25) is 9.69 Å². The highest BCUT2D eigenvalue weighted by Gasteiger charge is 2.48. The average Bonchev–Trinajstić information content (AvgIpc) is 2.87. The standard InChI is InChI=1S/C29H32N4O3/c1-29(2,3)36-28(35)33-25-10-8-22(9-11-25)27(33)26(34)15-20(17-30)14-19-4-6-21(7-5-19)23-12-13-32-24(16-23)18-31/h4-7,12-13,16,20,22,25,27H,8-11,14-15H2,1-3H3/t20-,22?,25?,27+/m1/s1. The molecule has 0 spiro atoms. The second kappa shape index (κ2) is 10.5. The summed E-state index contributed by atoms with van der Waals surface area (Å²) in [5.74, 6) is -0.387. The molecule has 0 N–H and O–H groups in total. The van der Waals surface area contributed by atoms with Crippen LogP contribution in [-0.4, -0.2) is 39.4 Å². The molecule has 186 valence electrons. The SMILES string of the molecule is CC(C)(C)OC(=O)N1C2CCC(CC2)[C@H]1C(=O)C[C@H](C#N)Cc1ccc(-c2ccnc(C#N)c2)cc1. The van der Waals surface area contributed by atoms with E-state index in [-0.39, 0.29) is 24.2 Å². The highest BCUT2D eigenvalue weighted by Crippen LogP contribution is 2.41. The number of nitriles is 2. The number of amides is 1. The Bertz CT molecular complexity index is 1190. The Morgan fingerprint density at radius 2 is 1.78 bits per heavy atom. The number of carbonyl (C=O) groups is 2. The smallest absolute Gasteiger partial charge is 0.411 e. The van der Waals surface area contributed by atoms with E-state index < -0.39 is 23.7 Å². The molecule has 2 atom stereocenters. The third kappa shape index (κ3) is 5.74. The number of aromatic nitrogens is 1. The molecular formula is C29H32N4O3. The van der Waals surface area contributed by atoms with Crippen LogP contribution >= 0.6 is 0 Å². The normalized spacial score (nSPS) is 21.8. The van der Waals surface area contributed by atoms with Crippen molar-refractivity contribution in [1.82, 2.24) is 9.88 Å². The topological polar surface area (TPSA) is 107 Å². The fraction of sp³-hybridized carbons (Fsp3) is 0.483. The fourth-order valence-electron chi connectivity index (χ4n) is 5.46. The molecule has 3 fully saturated rings. The Labute approximate surface area is 212 Å². The monoisotopic (exact) mass is 484 g/mol. The molecule has 3 aliphatic rings. The van der Waals surface area contributed by atoms with Crippen molar-refractivity contribution < 1.29 is 14.3 Å². The van der Waals surface area contributed by atoms with E-state index in [0.29, 0.717) is 12.1 Å². The summed E-state index contributed by atoms with van der Waals surface area (Å²) in [6.07, 6.45) is 5.41. The largest absolute Gasteiger partial charge is 0.444 e. The van der Waals surface area contributed by atoms with Crippen molar-refractivity contribution in [2.24, 2.45) is 11.8 Å². The number of fused-ring (bicyclic) bond motifs is 3. The predicted molar refractivity (Wildman–Crippen MR) is 134 cm³/mol. The number of pyridine rings is 1. The van der Waals surface area contributed by atoms with Crippen molar-refractivity contribution in [2.45, 2.75) is 77.0 Å². The molecule has 1 aromatic carbocycles. The second-order valence-corrected chi connectivity index (χ2v) is 10.8. The number of ether oxygens (including phenoxy) is 1. The van der Waals surface area contributed by atoms with E-state index in [9.17, 15) is 14.9 Å². The molecule has 7 heteroatoms. The lowest BCUT2D eigenvalue weighted by Gasteiger charge is -2.50. The summed E-state index contributed by atoms with van der Waals surface area (Å²) in [5.41, 5.74) is 2.54. The highest BCUT2D eigenvalue weighted by atomic mass is 16.6. The Balaban J connectivity index is 1.44. The van der Waals surface area contributed by atoms with Crippen molar-refractivity contribution in [3.05, 3.63) is 53.9 Å². The van der Waals surface area contributed by atoms with Crippen LogP contribution in [0.4, 0.5) is 4.79 Å². The van der Waals surface area contributed by atoms with Gasteiger partial charge < -0.3 is 4.74 Å². The molecule has 7 nitrogen and oxygen atoms in total. The molecule has 0 radical (unpaired) electrons. The molecule has 3 heterocycles. The van der Waals surface area contributed by atoms with Crippen LogP contribution in [0.15, 0.2) is 42.6 Å². The molecule has 2 aromatic rings. The zero-order valence-corrected chi connectivity index (χ0v) is 21.1. The van der Waals surface area contributed by atoms with Gasteiger partial charge in [-0.1, -0.05) is 24.3 Å². The van der Waals surface area contributed by atoms with Gasteiger partial charge in [0.05, 0.1) is 18.0 Å². The number of benzene rings is 1. The summed E-state index contributed by atoms with van der Waals surface area (Å²) in [6, 6.07) is 15.3. The first-order valence-corrected chi connectivity index (χ1v) is 12.6. The van der Waals surface area contributed by atoms with E-state index >= 15 is 0 Å². The molecular weight excluding hydrogens is 452 g/mol. The van der Waals surface area contributed by atoms with Crippen molar-refractivity contribution in [1.29, 1.82) is 10.5 Å². The Hall–Kier alpha value is -3.71. The lowest BCUT2D eigenvalue weighted by atomic mass is 9.72. The Kier molecular flexibility index (Phi) is 7.40. The number of ketones is 1. The molecule has 1 saturated carbocycles. The third-order valence-electron chi connectivity index (χ3n) is 7.09. The van der Waals surface area contributed by atoms with Crippen LogP contribution in [0.5, 0.6) is 0 Å². The number of rotatable bonds is 6. The van der Waals surface area contributed by atoms with Crippen molar-refractivity contribution >= 4 is 11.9 Å². The van der Waals surface area contributed by atoms with E-state index in [2.05, 4.69) is 11.1 Å². The average molecular weight is 485 g/mol. The number of piperidine rings is 2. The van der Waals surface area contributed by atoms with Gasteiger partial charge in [0.25, 0.3) is 0 Å². The maximum absolute atomic E-state index is 13.5. The van der Waals surface area contributed by atoms with Crippen molar-refractivity contribution in [2.75, 3.05) is 0 Å². The van der Waals surface area contributed by atoms with Crippen LogP contribution in [0.25, 0.3) is 11.1 Å². The van der Waals surface area contributed by atoms with E-state index in [1.54, 1.807) is 17.2 Å². The molecule has 5 rings (SSSR count). The number of nitrogens with zero attached hydrogens (tertiary/aromatic N) is 4. The molecule has 2 bridgehead atoms. The summed E-state index contributed by atoms with van der Waals surface area (Å²) in [5, 5.41) is 18.9. The number of carbonyl (C=O) groups excluding carboxylic acids is 2. The van der Waals surface area contributed by atoms with E-state index in [1.807, 2.05) is 57.2 Å². The van der Waals surface area contributed by atoms with E-state index in [4.69, 9.17) is 10.00 Å². The first kappa shape index (κ1) is 25.4. The van der Waals surface area contributed by atoms with Gasteiger partial charge >= 0.3 is 6.09 Å². The van der Waals surface area contributed by atoms with Crippen LogP contribution in [0.3, 0.4) is 0 Å². The van der Waals surface area contributed by atoms with Crippen LogP contribution < -0.4 is 0 Å². The molecule has 2 aliphatic heterocycles. The highest BCUT2D eigenvalue weighted by molar-refractivity contribution is 5.89. The molecule has 1 amide bonds. The van der Waals surface area contributed by atoms with Gasteiger partial charge in [-0.2, -0.15) is 10.5 Å². The summed E-state index contributed by atoms with van der Waals surface area (Å²) in [4.78, 5) is 32.2. The Morgan fingerprint density at radius 1 is 1.08 bits per heavy atom. The first-order chi connectivity index (χ1) is 17.2. The number of hydrogen-bond acceptors (Lipinski definition) is 6. The first-order valence-electron chi connectivity index (χ1n) is 12.6. The lowest BCUT2D eigenvalue weighted by Crippen LogP contribution is -2.61. The van der Waals surface area contributed by atoms with Crippen molar-refractivity contribution in [3.8, 4) is 23.3 Å². The van der Waals surface area contributed by atoms with Crippen LogP contribution in [0, 0.1) is 34.5 Å². The lowest BCUT2D eigenvalue weighted by molar-refractivity contribution is -0.133. The maximum Gasteiger partial charge on any atom is 0.411 e. The van der Waals surface area contributed by atoms with E-state index in [1.165, 1.54) is 0 Å². The van der Waals surface area contributed by atoms with Gasteiger partial charge in [0.15, 0.2) is 5.78 Å². The minimum Gasteiger partial charge on any atom is -0.444 e. The zero-order chi connectivity index (χ0) is 25.9. The molecule has 1 aliphatic carbocycles. The number of Topliss-reactive ketones (excluding diaryl/α,β-unsaturated/α-hetero) is 1. The second-order valence-electron chi connectivity index (χ2n) is 10.8. The van der Waals surface area contributed by atoms with Gasteiger partial charge in [0.1, 0.15) is 17.4 Å². The Morgan fingerprint density at radius 3 is 2.39 bits per heavy atom. The fourth-order valence-corrected chi connectivity index (χ4v) is 5.46. The van der Waals surface area contributed by atoms with Crippen molar-refractivity contribution in [3.63, 3.8) is 0 Å². The maximum atomic E-state index is 13.5. The quantitative estimate of drug-likeness (QED) is 0.540. The van der Waals surface area contributed by atoms with Gasteiger partial charge in [-0.15, -0.1) is 0 Å². The van der Waals surface area contributed by atoms with E-state index in [0.717, 1.165) is 42.4 Å². The summed E-state index contributed by atoms with van der Waals surface area (Å²) >= 11 is 0. The minimum atomic E-state index is -0.630. The summed E-state index contributed by atoms with van der Waals surface area (Å²) in [7, 11) is 0. The van der Waals surface area contributed by atoms with Gasteiger partial charge in [-0.05, 0) is 87.6 Å². The minimum absolute atomic E-state index is 0.0293. The molecule has 1 aromatic heterocycles. The number of hydrogen-bond donors (Lipinski definition) is 0. The predicted octanol–water partition coefficient (Wildman–Crippen LogP) is 5.44. The zero-order valence-electron chi connectivity index (χ0n) is 21.1. The van der Waals surface area contributed by atoms with Gasteiger partial charge in [0, 0.05) is 18.7 Å². The molecule has 2 saturated heterocycles. The van der Waals surface area contributed by atoms with Crippen LogP contribution in [0.1, 0.15) is 64.1 Å². The van der Waals surface area contributed by atoms with Gasteiger partial charge in [0.2, 0.25) is 0 Å².